The number of hydrogen-bond acceptors (Lipinski definition) is 2. The van der Waals surface area contributed by atoms with Crippen LogP contribution in [0.4, 0.5) is 0 Å². The highest BCUT2D eigenvalue weighted by molar-refractivity contribution is 8.12. The Balaban J connectivity index is 2.54. The molecule has 5 heavy (non-hydrogen) atoms. The quantitative estimate of drug-likeness (QED) is 0.468. The third-order valence-corrected chi connectivity index (χ3v) is 1.26. The van der Waals surface area contributed by atoms with E-state index in [1.807, 2.05) is 0 Å². The van der Waals surface area contributed by atoms with Gasteiger partial charge >= 0.3 is 0 Å². The summed E-state index contributed by atoms with van der Waals surface area (Å²) in [5.74, 6) is 0. The SMILES string of the molecule is NCP(N)P. The smallest absolute Gasteiger partial charge is 0.0295 e. The Morgan fingerprint density at radius 3 is 2.00 bits per heavy atom. The van der Waals surface area contributed by atoms with E-state index < -0.39 is 7.76 Å². The molecule has 0 saturated carbocycles. The summed E-state index contributed by atoms with van der Waals surface area (Å²) < 4.78 is 0. The molecule has 2 nitrogen and oxygen atoms in total. The van der Waals surface area contributed by atoms with Gasteiger partial charge < -0.3 is 11.2 Å². The molecule has 0 radical (unpaired) electrons. The first-order chi connectivity index (χ1) is 2.27. The zero-order chi connectivity index (χ0) is 4.28. The lowest BCUT2D eigenvalue weighted by molar-refractivity contribution is 1.38. The Labute approximate surface area is 35.2 Å². The van der Waals surface area contributed by atoms with Crippen LogP contribution in [0.5, 0.6) is 0 Å². The summed E-state index contributed by atoms with van der Waals surface area (Å²) >= 11 is 0. The third kappa shape index (κ3) is 4.78. The van der Waals surface area contributed by atoms with Crippen LogP contribution in [0, 0.1) is 0 Å². The van der Waals surface area contributed by atoms with Crippen molar-refractivity contribution in [3.8, 4) is 0 Å². The van der Waals surface area contributed by atoms with Crippen LogP contribution in [-0.2, 0) is 0 Å². The lowest BCUT2D eigenvalue weighted by atomic mass is 11.6. The van der Waals surface area contributed by atoms with Gasteiger partial charge in [0.1, 0.15) is 0 Å². The van der Waals surface area contributed by atoms with Gasteiger partial charge in [-0.25, -0.2) is 0 Å². The number of hydrogen-bond donors (Lipinski definition) is 2. The molecule has 0 aliphatic heterocycles. The zero-order valence-corrected chi connectivity index (χ0v) is 4.94. The maximum Gasteiger partial charge on any atom is 0.0295 e. The minimum Gasteiger partial charge on any atom is -0.325 e. The summed E-state index contributed by atoms with van der Waals surface area (Å²) in [7, 11) is 2.05. The average molecular weight is 110 g/mol. The van der Waals surface area contributed by atoms with E-state index in [-0.39, 0.29) is 0 Å². The molecule has 4 heteroatoms. The molecule has 0 aliphatic carbocycles. The second-order valence-corrected chi connectivity index (χ2v) is 4.08. The summed E-state index contributed by atoms with van der Waals surface area (Å²) in [6.45, 7) is 0. The Morgan fingerprint density at radius 1 is 1.80 bits per heavy atom. The second kappa shape index (κ2) is 2.99. The van der Waals surface area contributed by atoms with Crippen molar-refractivity contribution < 1.29 is 0 Å². The normalized spacial score (nSPS) is 15.0. The van der Waals surface area contributed by atoms with Crippen molar-refractivity contribution in [2.24, 2.45) is 11.2 Å². The molecule has 0 heterocycles. The summed E-state index contributed by atoms with van der Waals surface area (Å²) in [6.07, 6.45) is 0.611. The first kappa shape index (κ1) is 5.78. The fourth-order valence-corrected chi connectivity index (χ4v) is 0. The van der Waals surface area contributed by atoms with E-state index >= 15 is 0 Å². The van der Waals surface area contributed by atoms with E-state index in [9.17, 15) is 0 Å². The predicted molar refractivity (Wildman–Crippen MR) is 29.9 cm³/mol. The molecule has 0 amide bonds. The predicted octanol–water partition coefficient (Wildman–Crippen LogP) is 0.0483. The Kier molecular flexibility index (Phi) is 3.46. The van der Waals surface area contributed by atoms with E-state index in [1.54, 1.807) is 0 Å². The maximum absolute atomic E-state index is 5.19. The van der Waals surface area contributed by atoms with E-state index in [1.165, 1.54) is 0 Å². The van der Waals surface area contributed by atoms with Gasteiger partial charge in [-0.05, 0) is 7.76 Å². The molecule has 0 spiro atoms. The molecule has 0 bridgehead atoms. The number of nitrogens with two attached hydrogens (primary N) is 2. The van der Waals surface area contributed by atoms with Gasteiger partial charge in [-0.15, -0.1) is 0 Å². The van der Waals surface area contributed by atoms with Crippen LogP contribution in [0.15, 0.2) is 0 Å². The molecule has 2 atom stereocenters. The fraction of sp³-hybridized carbons (Fsp3) is 1.00. The van der Waals surface area contributed by atoms with Crippen LogP contribution in [0.3, 0.4) is 0 Å². The van der Waals surface area contributed by atoms with Gasteiger partial charge in [-0.3, -0.25) is 0 Å². The maximum atomic E-state index is 5.19. The molecule has 0 saturated heterocycles. The van der Waals surface area contributed by atoms with Crippen molar-refractivity contribution in [2.75, 3.05) is 6.29 Å². The van der Waals surface area contributed by atoms with Gasteiger partial charge in [0.15, 0.2) is 0 Å². The molecule has 32 valence electrons. The van der Waals surface area contributed by atoms with Crippen LogP contribution in [0.1, 0.15) is 0 Å². The first-order valence-corrected chi connectivity index (χ1v) is 4.46. The average Bonchev–Trinajstić information content (AvgIpc) is 1.38. The molecule has 0 rings (SSSR count). The van der Waals surface area contributed by atoms with Gasteiger partial charge in [-0.1, -0.05) is 8.93 Å². The minimum absolute atomic E-state index is 0.404. The van der Waals surface area contributed by atoms with Crippen molar-refractivity contribution in [3.05, 3.63) is 0 Å². The van der Waals surface area contributed by atoms with Gasteiger partial charge in [0.05, 0.1) is 0 Å². The van der Waals surface area contributed by atoms with Crippen LogP contribution >= 0.6 is 16.7 Å². The van der Waals surface area contributed by atoms with Crippen molar-refractivity contribution in [3.63, 3.8) is 0 Å². The minimum atomic E-state index is -0.404. The summed E-state index contributed by atoms with van der Waals surface area (Å²) in [4.78, 5) is 0. The zero-order valence-electron chi connectivity index (χ0n) is 2.89. The van der Waals surface area contributed by atoms with Crippen LogP contribution in [0.2, 0.25) is 0 Å². The molecule has 0 aromatic heterocycles. The topological polar surface area (TPSA) is 52.0 Å². The Bertz CT molecular complexity index is 21.6. The second-order valence-electron chi connectivity index (χ2n) is 0.697. The Hall–Kier alpha value is 0.780. The summed E-state index contributed by atoms with van der Waals surface area (Å²) in [5, 5.41) is 0. The van der Waals surface area contributed by atoms with Crippen molar-refractivity contribution in [1.29, 1.82) is 0 Å². The van der Waals surface area contributed by atoms with Crippen LogP contribution in [-0.4, -0.2) is 6.29 Å². The summed E-state index contributed by atoms with van der Waals surface area (Å²) in [6, 6.07) is 0. The molecular weight excluding hydrogens is 102 g/mol. The lowest BCUT2D eigenvalue weighted by Crippen LogP contribution is -1.97. The molecule has 0 aromatic carbocycles. The Morgan fingerprint density at radius 2 is 2.00 bits per heavy atom. The monoisotopic (exact) mass is 110 g/mol. The molecule has 2 unspecified atom stereocenters. The van der Waals surface area contributed by atoms with Crippen LogP contribution in [0.25, 0.3) is 0 Å². The number of rotatable bonds is 1. The fourth-order valence-electron chi connectivity index (χ4n) is 0. The highest BCUT2D eigenvalue weighted by atomic mass is 32.0. The van der Waals surface area contributed by atoms with E-state index in [0.717, 1.165) is 0 Å². The van der Waals surface area contributed by atoms with Gasteiger partial charge in [0.25, 0.3) is 0 Å². The molecule has 0 aliphatic rings. The molecule has 4 N–H and O–H groups in total. The van der Waals surface area contributed by atoms with Crippen molar-refractivity contribution in [1.82, 2.24) is 0 Å². The lowest BCUT2D eigenvalue weighted by Gasteiger charge is -1.92. The molecular formula is CH8N2P2. The summed E-state index contributed by atoms with van der Waals surface area (Å²) in [5.41, 5.74) is 10.2. The van der Waals surface area contributed by atoms with Gasteiger partial charge in [0.2, 0.25) is 0 Å². The largest absolute Gasteiger partial charge is 0.325 e. The molecule has 0 aromatic rings. The van der Waals surface area contributed by atoms with E-state index in [2.05, 4.69) is 8.93 Å². The van der Waals surface area contributed by atoms with Crippen molar-refractivity contribution >= 4 is 16.7 Å². The van der Waals surface area contributed by atoms with Crippen molar-refractivity contribution in [2.45, 2.75) is 0 Å². The standard InChI is InChI=1S/CH8N2P2/c2-1-5(3)4/h1-4H2. The highest BCUT2D eigenvalue weighted by Crippen LogP contribution is 2.31. The van der Waals surface area contributed by atoms with Crippen LogP contribution < -0.4 is 11.2 Å². The molecule has 0 fully saturated rings. The third-order valence-electron chi connectivity index (χ3n) is 0.211. The van der Waals surface area contributed by atoms with Gasteiger partial charge in [0, 0.05) is 6.29 Å². The van der Waals surface area contributed by atoms with Gasteiger partial charge in [-0.2, -0.15) is 0 Å². The first-order valence-electron chi connectivity index (χ1n) is 1.24. The highest BCUT2D eigenvalue weighted by Gasteiger charge is 1.79. The van der Waals surface area contributed by atoms with E-state index in [4.69, 9.17) is 11.2 Å². The van der Waals surface area contributed by atoms with E-state index in [0.29, 0.717) is 6.29 Å².